The summed E-state index contributed by atoms with van der Waals surface area (Å²) >= 11 is 0. The molecular weight excluding hydrogens is 266 g/mol. The van der Waals surface area contributed by atoms with Crippen LogP contribution < -0.4 is 10.6 Å². The molecule has 1 atom stereocenters. The predicted octanol–water partition coefficient (Wildman–Crippen LogP) is -0.644. The summed E-state index contributed by atoms with van der Waals surface area (Å²) in [4.78, 5) is 33.2. The Hall–Kier alpha value is -2.91. The van der Waals surface area contributed by atoms with Crippen LogP contribution in [0.4, 0.5) is 10.7 Å². The molecule has 10 heteroatoms. The van der Waals surface area contributed by atoms with Crippen LogP contribution in [0.5, 0.6) is 0 Å². The second-order valence-corrected chi connectivity index (χ2v) is 3.98. The number of aliphatic carboxylic acids is 1. The SMILES string of the molecule is Cn1ncnc1NC(=O)N[C@H](Cc1cnc[nH]1)C(=O)O. The zero-order valence-corrected chi connectivity index (χ0v) is 10.6. The highest BCUT2D eigenvalue weighted by Crippen LogP contribution is 2.01. The molecule has 0 radical (unpaired) electrons. The van der Waals surface area contributed by atoms with Crippen LogP contribution in [-0.4, -0.2) is 47.9 Å². The van der Waals surface area contributed by atoms with Gasteiger partial charge in [0.1, 0.15) is 12.4 Å². The van der Waals surface area contributed by atoms with Gasteiger partial charge in [-0.25, -0.2) is 19.3 Å². The summed E-state index contributed by atoms with van der Waals surface area (Å²) in [7, 11) is 1.60. The fourth-order valence-corrected chi connectivity index (χ4v) is 1.52. The van der Waals surface area contributed by atoms with Crippen molar-refractivity contribution < 1.29 is 14.7 Å². The molecule has 0 fully saturated rings. The van der Waals surface area contributed by atoms with Crippen molar-refractivity contribution in [3.05, 3.63) is 24.5 Å². The first-order valence-corrected chi connectivity index (χ1v) is 5.68. The first-order chi connectivity index (χ1) is 9.56. The smallest absolute Gasteiger partial charge is 0.326 e. The second kappa shape index (κ2) is 5.82. The molecule has 0 aliphatic rings. The molecule has 2 aromatic heterocycles. The third kappa shape index (κ3) is 3.31. The van der Waals surface area contributed by atoms with Crippen molar-refractivity contribution in [2.45, 2.75) is 12.5 Å². The Kier molecular flexibility index (Phi) is 3.93. The average Bonchev–Trinajstić information content (AvgIpc) is 3.01. The van der Waals surface area contributed by atoms with E-state index in [0.717, 1.165) is 0 Å². The van der Waals surface area contributed by atoms with Gasteiger partial charge >= 0.3 is 12.0 Å². The lowest BCUT2D eigenvalue weighted by Gasteiger charge is -2.13. The van der Waals surface area contributed by atoms with Crippen LogP contribution in [-0.2, 0) is 18.3 Å². The van der Waals surface area contributed by atoms with Crippen molar-refractivity contribution in [3.8, 4) is 0 Å². The van der Waals surface area contributed by atoms with E-state index in [4.69, 9.17) is 5.11 Å². The molecular formula is C10H13N7O3. The van der Waals surface area contributed by atoms with Gasteiger partial charge in [0.25, 0.3) is 0 Å². The highest BCUT2D eigenvalue weighted by Gasteiger charge is 2.21. The Bertz CT molecular complexity index is 592. The number of hydrogen-bond acceptors (Lipinski definition) is 5. The molecule has 0 bridgehead atoms. The summed E-state index contributed by atoms with van der Waals surface area (Å²) in [6.45, 7) is 0. The lowest BCUT2D eigenvalue weighted by atomic mass is 10.2. The Labute approximate surface area is 113 Å². The minimum atomic E-state index is -1.15. The van der Waals surface area contributed by atoms with Crippen LogP contribution in [0.25, 0.3) is 0 Å². The zero-order valence-electron chi connectivity index (χ0n) is 10.6. The van der Waals surface area contributed by atoms with Gasteiger partial charge in [0.2, 0.25) is 5.95 Å². The quantitative estimate of drug-likeness (QED) is 0.574. The highest BCUT2D eigenvalue weighted by atomic mass is 16.4. The first kappa shape index (κ1) is 13.5. The predicted molar refractivity (Wildman–Crippen MR) is 66.9 cm³/mol. The van der Waals surface area contributed by atoms with Crippen molar-refractivity contribution in [1.29, 1.82) is 0 Å². The maximum atomic E-state index is 11.7. The number of carbonyl (C=O) groups excluding carboxylic acids is 1. The molecule has 0 aromatic carbocycles. The first-order valence-electron chi connectivity index (χ1n) is 5.68. The summed E-state index contributed by atoms with van der Waals surface area (Å²) in [6.07, 6.45) is 4.31. The average molecular weight is 279 g/mol. The van der Waals surface area contributed by atoms with Gasteiger partial charge in [-0.3, -0.25) is 5.32 Å². The number of aromatic amines is 1. The number of nitrogens with zero attached hydrogens (tertiary/aromatic N) is 4. The van der Waals surface area contributed by atoms with Crippen molar-refractivity contribution in [3.63, 3.8) is 0 Å². The minimum Gasteiger partial charge on any atom is -0.480 e. The summed E-state index contributed by atoms with van der Waals surface area (Å²) in [5, 5.41) is 17.6. The third-order valence-electron chi connectivity index (χ3n) is 2.52. The number of amides is 2. The van der Waals surface area contributed by atoms with E-state index in [1.807, 2.05) is 0 Å². The Morgan fingerprint density at radius 2 is 2.35 bits per heavy atom. The number of aromatic nitrogens is 5. The van der Waals surface area contributed by atoms with E-state index in [0.29, 0.717) is 5.69 Å². The number of imidazole rings is 1. The van der Waals surface area contributed by atoms with E-state index < -0.39 is 18.0 Å². The van der Waals surface area contributed by atoms with Gasteiger partial charge in [0.15, 0.2) is 0 Å². The van der Waals surface area contributed by atoms with Crippen LogP contribution in [0.3, 0.4) is 0 Å². The van der Waals surface area contributed by atoms with E-state index >= 15 is 0 Å². The Balaban J connectivity index is 1.96. The highest BCUT2D eigenvalue weighted by molar-refractivity contribution is 5.90. The number of urea groups is 1. The number of hydrogen-bond donors (Lipinski definition) is 4. The molecule has 2 aromatic rings. The normalized spacial score (nSPS) is 11.8. The monoisotopic (exact) mass is 279 g/mol. The molecule has 2 amide bonds. The topological polar surface area (TPSA) is 138 Å². The third-order valence-corrected chi connectivity index (χ3v) is 2.52. The molecule has 0 saturated heterocycles. The maximum Gasteiger partial charge on any atom is 0.326 e. The molecule has 10 nitrogen and oxygen atoms in total. The number of carboxylic acids is 1. The van der Waals surface area contributed by atoms with Gasteiger partial charge < -0.3 is 15.4 Å². The molecule has 2 heterocycles. The molecule has 20 heavy (non-hydrogen) atoms. The maximum absolute atomic E-state index is 11.7. The minimum absolute atomic E-state index is 0.0988. The van der Waals surface area contributed by atoms with Gasteiger partial charge in [-0.1, -0.05) is 0 Å². The summed E-state index contributed by atoms with van der Waals surface area (Å²) in [5.74, 6) is -0.930. The number of aryl methyl sites for hydroxylation is 1. The molecule has 0 aliphatic heterocycles. The number of H-pyrrole nitrogens is 1. The van der Waals surface area contributed by atoms with Crippen LogP contribution >= 0.6 is 0 Å². The molecule has 0 aliphatic carbocycles. The van der Waals surface area contributed by atoms with Gasteiger partial charge in [-0.05, 0) is 0 Å². The van der Waals surface area contributed by atoms with Crippen molar-refractivity contribution in [1.82, 2.24) is 30.0 Å². The number of carbonyl (C=O) groups is 2. The van der Waals surface area contributed by atoms with Crippen molar-refractivity contribution in [2.24, 2.45) is 7.05 Å². The van der Waals surface area contributed by atoms with E-state index in [9.17, 15) is 9.59 Å². The van der Waals surface area contributed by atoms with Gasteiger partial charge in [-0.15, -0.1) is 0 Å². The summed E-state index contributed by atoms with van der Waals surface area (Å²) < 4.78 is 1.35. The lowest BCUT2D eigenvalue weighted by Crippen LogP contribution is -2.44. The van der Waals surface area contributed by atoms with Crippen molar-refractivity contribution >= 4 is 17.9 Å². The summed E-state index contributed by atoms with van der Waals surface area (Å²) in [6, 6.07) is -1.75. The number of nitrogens with one attached hydrogen (secondary N) is 3. The standard InChI is InChI=1S/C10H13N7O3/c1-17-9(13-5-14-17)16-10(20)15-7(8(18)19)2-6-3-11-4-12-6/h3-5,7H,2H2,1H3,(H,11,12)(H,18,19)(H2,13,14,15,16,20)/t7-/m1/s1. The molecule has 0 saturated carbocycles. The molecule has 0 unspecified atom stereocenters. The Morgan fingerprint density at radius 3 is 2.90 bits per heavy atom. The fourth-order valence-electron chi connectivity index (χ4n) is 1.52. The zero-order chi connectivity index (χ0) is 14.5. The van der Waals surface area contributed by atoms with Crippen molar-refractivity contribution in [2.75, 3.05) is 5.32 Å². The second-order valence-electron chi connectivity index (χ2n) is 3.98. The summed E-state index contributed by atoms with van der Waals surface area (Å²) in [5.41, 5.74) is 0.608. The molecule has 106 valence electrons. The van der Waals surface area contributed by atoms with Crippen LogP contribution in [0.15, 0.2) is 18.9 Å². The Morgan fingerprint density at radius 1 is 1.55 bits per heavy atom. The fraction of sp³-hybridized carbons (Fsp3) is 0.300. The number of carboxylic acid groups (broad SMARTS) is 1. The van der Waals surface area contributed by atoms with Gasteiger partial charge in [0.05, 0.1) is 6.33 Å². The van der Waals surface area contributed by atoms with Gasteiger partial charge in [0, 0.05) is 25.4 Å². The van der Waals surface area contributed by atoms with E-state index in [-0.39, 0.29) is 12.4 Å². The van der Waals surface area contributed by atoms with Gasteiger partial charge in [-0.2, -0.15) is 10.1 Å². The van der Waals surface area contributed by atoms with E-state index in [2.05, 4.69) is 30.7 Å². The molecule has 2 rings (SSSR count). The lowest BCUT2D eigenvalue weighted by molar-refractivity contribution is -0.139. The number of anilines is 1. The van der Waals surface area contributed by atoms with Crippen LogP contribution in [0.2, 0.25) is 0 Å². The van der Waals surface area contributed by atoms with Crippen LogP contribution in [0.1, 0.15) is 5.69 Å². The van der Waals surface area contributed by atoms with E-state index in [1.165, 1.54) is 23.5 Å². The van der Waals surface area contributed by atoms with Crippen LogP contribution in [0, 0.1) is 0 Å². The largest absolute Gasteiger partial charge is 0.480 e. The van der Waals surface area contributed by atoms with E-state index in [1.54, 1.807) is 7.05 Å². The molecule has 4 N–H and O–H groups in total. The molecule has 0 spiro atoms. The number of rotatable bonds is 5.